The molecule has 36 valence electrons. The molecule has 0 N–H and O–H groups in total. The Bertz CT molecular complexity index is 57.8. The summed E-state index contributed by atoms with van der Waals surface area (Å²) in [4.78, 5) is 25.6. The average molecular weight is 236 g/mol. The molecule has 0 radical (unpaired) electrons. The van der Waals surface area contributed by atoms with E-state index in [1.165, 1.54) is 0 Å². The monoisotopic (exact) mass is 236 g/mol. The number of rotatable bonds is 0. The molecule has 0 aliphatic carbocycles. The van der Waals surface area contributed by atoms with Crippen LogP contribution >= 0.6 is 7.82 Å². The SMILES string of the molecule is O=P([O-])([O-])[O-].[Ce].[H+]. The van der Waals surface area contributed by atoms with Gasteiger partial charge in [0, 0.05) is 41.7 Å². The topological polar surface area (TPSA) is 86.2 Å². The van der Waals surface area contributed by atoms with E-state index in [9.17, 15) is 0 Å². The first kappa shape index (κ1) is 10.5. The molecule has 0 bridgehead atoms. The Balaban J connectivity index is -0.0000000800. The van der Waals surface area contributed by atoms with Crippen LogP contribution in [0.5, 0.6) is 0 Å². The van der Waals surface area contributed by atoms with Crippen LogP contribution in [0.15, 0.2) is 0 Å². The predicted octanol–water partition coefficient (Wildman–Crippen LogP) is -2.71. The van der Waals surface area contributed by atoms with Crippen LogP contribution in [0.4, 0.5) is 0 Å². The predicted molar refractivity (Wildman–Crippen MR) is 8.72 cm³/mol. The molecule has 0 unspecified atom stereocenters. The van der Waals surface area contributed by atoms with Gasteiger partial charge in [0.15, 0.2) is 0 Å². The van der Waals surface area contributed by atoms with Gasteiger partial charge in [-0.05, 0) is 0 Å². The summed E-state index contributed by atoms with van der Waals surface area (Å²) in [5.74, 6) is 0. The zero-order valence-corrected chi connectivity index (χ0v) is 6.61. The van der Waals surface area contributed by atoms with Crippen molar-refractivity contribution >= 4 is 7.82 Å². The molecule has 0 atom stereocenters. The van der Waals surface area contributed by atoms with Crippen molar-refractivity contribution in [3.8, 4) is 0 Å². The smallest absolute Gasteiger partial charge is 0.822 e. The van der Waals surface area contributed by atoms with Crippen LogP contribution in [0.2, 0.25) is 0 Å². The minimum atomic E-state index is -5.39. The van der Waals surface area contributed by atoms with Gasteiger partial charge in [-0.1, -0.05) is 0 Å². The molecule has 0 aliphatic heterocycles. The molecule has 6 heavy (non-hydrogen) atoms. The molecule has 0 heterocycles. The molecular formula is HCeO4P-2. The zero-order valence-electron chi connectivity index (χ0n) is 3.58. The molecule has 0 rings (SSSR count). The van der Waals surface area contributed by atoms with Crippen molar-refractivity contribution in [3.05, 3.63) is 0 Å². The van der Waals surface area contributed by atoms with Gasteiger partial charge in [-0.25, -0.2) is 0 Å². The summed E-state index contributed by atoms with van der Waals surface area (Å²) in [7, 11) is -5.39. The number of phosphoric acid groups is 1. The van der Waals surface area contributed by atoms with Gasteiger partial charge < -0.3 is 19.2 Å². The molecule has 0 aromatic carbocycles. The van der Waals surface area contributed by atoms with E-state index in [0.717, 1.165) is 0 Å². The number of hydrogen-bond acceptors (Lipinski definition) is 4. The van der Waals surface area contributed by atoms with E-state index in [1.54, 1.807) is 0 Å². The standard InChI is InChI=1S/Ce.H3O4P/c;1-5(2,3)4/h;(H3,1,2,3,4)/p-2. The summed E-state index contributed by atoms with van der Waals surface area (Å²) in [5.41, 5.74) is 0. The minimum Gasteiger partial charge on any atom is -0.822 e. The molecule has 0 aromatic rings. The maximum atomic E-state index is 8.55. The second-order valence-corrected chi connectivity index (χ2v) is 1.34. The van der Waals surface area contributed by atoms with Crippen molar-refractivity contribution in [2.24, 2.45) is 0 Å². The molecule has 6 heteroatoms. The second-order valence-electron chi connectivity index (χ2n) is 0.447. The van der Waals surface area contributed by atoms with Gasteiger partial charge in [-0.15, -0.1) is 0 Å². The third-order valence-corrected chi connectivity index (χ3v) is 0. The van der Waals surface area contributed by atoms with Crippen molar-refractivity contribution in [1.82, 2.24) is 0 Å². The zero-order chi connectivity index (χ0) is 4.50. The van der Waals surface area contributed by atoms with Crippen LogP contribution in [0.25, 0.3) is 0 Å². The fourth-order valence-corrected chi connectivity index (χ4v) is 0. The summed E-state index contributed by atoms with van der Waals surface area (Å²) in [6.45, 7) is 0. The second kappa shape index (κ2) is 3.48. The van der Waals surface area contributed by atoms with Crippen LogP contribution in [0.1, 0.15) is 1.43 Å². The Morgan fingerprint density at radius 1 is 1.33 bits per heavy atom. The Kier molecular flexibility index (Phi) is 6.08. The van der Waals surface area contributed by atoms with Gasteiger partial charge in [0.25, 0.3) is 0 Å². The van der Waals surface area contributed by atoms with E-state index in [-0.39, 0.29) is 43.2 Å². The molecule has 0 spiro atoms. The fraction of sp³-hybridized carbons (Fsp3) is 0. The summed E-state index contributed by atoms with van der Waals surface area (Å²) in [6, 6.07) is 0. The normalized spacial score (nSPS) is 9.83. The largest absolute Gasteiger partial charge is 1.00 e. The summed E-state index contributed by atoms with van der Waals surface area (Å²) < 4.78 is 8.55. The van der Waals surface area contributed by atoms with E-state index in [2.05, 4.69) is 0 Å². The third kappa shape index (κ3) is 50.0. The quantitative estimate of drug-likeness (QED) is 0.428. The number of hydrogen-bond donors (Lipinski definition) is 0. The van der Waals surface area contributed by atoms with E-state index in [4.69, 9.17) is 19.2 Å². The van der Waals surface area contributed by atoms with Gasteiger partial charge in [0.2, 0.25) is 0 Å². The molecule has 0 saturated carbocycles. The molecule has 0 aromatic heterocycles. The van der Waals surface area contributed by atoms with Crippen LogP contribution < -0.4 is 14.7 Å². The Morgan fingerprint density at radius 2 is 1.33 bits per heavy atom. The van der Waals surface area contributed by atoms with Gasteiger partial charge in [0.05, 0.1) is 0 Å². The third-order valence-electron chi connectivity index (χ3n) is 0. The van der Waals surface area contributed by atoms with Gasteiger partial charge >= 0.3 is 1.43 Å². The molecule has 0 aliphatic rings. The van der Waals surface area contributed by atoms with Crippen LogP contribution in [0.3, 0.4) is 0 Å². The van der Waals surface area contributed by atoms with Crippen molar-refractivity contribution in [3.63, 3.8) is 0 Å². The molecule has 0 fully saturated rings. The van der Waals surface area contributed by atoms with E-state index in [1.807, 2.05) is 0 Å². The fourth-order valence-electron chi connectivity index (χ4n) is 0. The van der Waals surface area contributed by atoms with Gasteiger partial charge in [-0.3, -0.25) is 0 Å². The van der Waals surface area contributed by atoms with Crippen molar-refractivity contribution in [2.75, 3.05) is 0 Å². The maximum Gasteiger partial charge on any atom is 1.00 e. The molecule has 0 amide bonds. The van der Waals surface area contributed by atoms with Gasteiger partial charge in [0.1, 0.15) is 0 Å². The van der Waals surface area contributed by atoms with Crippen LogP contribution in [0, 0.1) is 41.7 Å². The van der Waals surface area contributed by atoms with Crippen LogP contribution in [-0.4, -0.2) is 0 Å². The van der Waals surface area contributed by atoms with Crippen molar-refractivity contribution < 1.29 is 62.4 Å². The Hall–Kier alpha value is 1.49. The molecular weight excluding hydrogens is 235 g/mol. The first-order valence-electron chi connectivity index (χ1n) is 0.730. The Morgan fingerprint density at radius 3 is 1.33 bits per heavy atom. The minimum absolute atomic E-state index is 0. The summed E-state index contributed by atoms with van der Waals surface area (Å²) in [5, 5.41) is 0. The molecule has 4 nitrogen and oxygen atoms in total. The Labute approximate surface area is 69.7 Å². The van der Waals surface area contributed by atoms with Crippen molar-refractivity contribution in [2.45, 2.75) is 0 Å². The van der Waals surface area contributed by atoms with E-state index >= 15 is 0 Å². The maximum absolute atomic E-state index is 8.55. The van der Waals surface area contributed by atoms with Gasteiger partial charge in [-0.2, -0.15) is 7.82 Å². The van der Waals surface area contributed by atoms with Crippen LogP contribution in [-0.2, 0) is 4.57 Å². The summed E-state index contributed by atoms with van der Waals surface area (Å²) >= 11 is 0. The van der Waals surface area contributed by atoms with Crippen molar-refractivity contribution in [1.29, 1.82) is 0 Å². The van der Waals surface area contributed by atoms with E-state index < -0.39 is 7.82 Å². The molecule has 0 saturated heterocycles. The van der Waals surface area contributed by atoms with E-state index in [0.29, 0.717) is 0 Å². The summed E-state index contributed by atoms with van der Waals surface area (Å²) in [6.07, 6.45) is 0. The average Bonchev–Trinajstić information content (AvgIpc) is 0.722. The first-order chi connectivity index (χ1) is 2.00. The first-order valence-corrected chi connectivity index (χ1v) is 2.19.